The SMILES string of the molecule is CC1NCCN(Cc2cc(F)ccc2F)C1=O. The van der Waals surface area contributed by atoms with Gasteiger partial charge in [0.2, 0.25) is 5.91 Å². The third-order valence-electron chi connectivity index (χ3n) is 2.88. The summed E-state index contributed by atoms with van der Waals surface area (Å²) < 4.78 is 26.4. The van der Waals surface area contributed by atoms with Crippen LogP contribution in [-0.2, 0) is 11.3 Å². The quantitative estimate of drug-likeness (QED) is 0.844. The lowest BCUT2D eigenvalue weighted by Crippen LogP contribution is -2.53. The van der Waals surface area contributed by atoms with Gasteiger partial charge < -0.3 is 10.2 Å². The predicted octanol–water partition coefficient (Wildman–Crippen LogP) is 1.29. The number of nitrogens with zero attached hydrogens (tertiary/aromatic N) is 1. The molecule has 1 fully saturated rings. The van der Waals surface area contributed by atoms with Crippen LogP contribution < -0.4 is 5.32 Å². The Bertz CT molecular complexity index is 437. The Hall–Kier alpha value is -1.49. The van der Waals surface area contributed by atoms with Crippen LogP contribution >= 0.6 is 0 Å². The monoisotopic (exact) mass is 240 g/mol. The van der Waals surface area contributed by atoms with Crippen molar-refractivity contribution in [2.75, 3.05) is 13.1 Å². The Morgan fingerprint density at radius 1 is 1.47 bits per heavy atom. The van der Waals surface area contributed by atoms with Crippen LogP contribution in [-0.4, -0.2) is 29.9 Å². The van der Waals surface area contributed by atoms with Crippen molar-refractivity contribution < 1.29 is 13.6 Å². The highest BCUT2D eigenvalue weighted by Gasteiger charge is 2.25. The zero-order valence-electron chi connectivity index (χ0n) is 9.54. The molecule has 5 heteroatoms. The van der Waals surface area contributed by atoms with Crippen LogP contribution in [0.25, 0.3) is 0 Å². The molecule has 1 saturated heterocycles. The summed E-state index contributed by atoms with van der Waals surface area (Å²) in [5.41, 5.74) is 0.215. The van der Waals surface area contributed by atoms with Crippen LogP contribution in [0.15, 0.2) is 18.2 Å². The molecule has 0 bridgehead atoms. The van der Waals surface area contributed by atoms with E-state index in [0.29, 0.717) is 13.1 Å². The number of hydrogen-bond acceptors (Lipinski definition) is 2. The zero-order valence-corrected chi connectivity index (χ0v) is 9.54. The number of carbonyl (C=O) groups is 1. The first-order valence-electron chi connectivity index (χ1n) is 5.54. The lowest BCUT2D eigenvalue weighted by atomic mass is 10.1. The molecule has 1 amide bonds. The van der Waals surface area contributed by atoms with Crippen LogP contribution in [0.2, 0.25) is 0 Å². The highest BCUT2D eigenvalue weighted by Crippen LogP contribution is 2.14. The fourth-order valence-corrected chi connectivity index (χ4v) is 1.91. The van der Waals surface area contributed by atoms with E-state index in [1.165, 1.54) is 0 Å². The summed E-state index contributed by atoms with van der Waals surface area (Å²) in [7, 11) is 0. The fourth-order valence-electron chi connectivity index (χ4n) is 1.91. The zero-order chi connectivity index (χ0) is 12.4. The first kappa shape index (κ1) is 12.0. The second-order valence-corrected chi connectivity index (χ2v) is 4.17. The molecule has 2 rings (SSSR count). The van der Waals surface area contributed by atoms with Crippen molar-refractivity contribution >= 4 is 5.91 Å². The summed E-state index contributed by atoms with van der Waals surface area (Å²) in [5.74, 6) is -1.05. The maximum absolute atomic E-state index is 13.4. The van der Waals surface area contributed by atoms with Gasteiger partial charge in [0.15, 0.2) is 0 Å². The number of hydrogen-bond donors (Lipinski definition) is 1. The Morgan fingerprint density at radius 3 is 3.00 bits per heavy atom. The van der Waals surface area contributed by atoms with Crippen molar-refractivity contribution in [3.63, 3.8) is 0 Å². The normalized spacial score (nSPS) is 20.8. The van der Waals surface area contributed by atoms with Crippen LogP contribution in [0, 0.1) is 11.6 Å². The van der Waals surface area contributed by atoms with E-state index in [1.54, 1.807) is 11.8 Å². The van der Waals surface area contributed by atoms with Crippen molar-refractivity contribution in [2.24, 2.45) is 0 Å². The number of rotatable bonds is 2. The van der Waals surface area contributed by atoms with E-state index in [9.17, 15) is 13.6 Å². The molecule has 1 unspecified atom stereocenters. The van der Waals surface area contributed by atoms with Crippen molar-refractivity contribution in [3.8, 4) is 0 Å². The Labute approximate surface area is 98.4 Å². The smallest absolute Gasteiger partial charge is 0.239 e. The summed E-state index contributed by atoms with van der Waals surface area (Å²) >= 11 is 0. The molecule has 0 saturated carbocycles. The molecule has 0 aliphatic carbocycles. The highest BCUT2D eigenvalue weighted by atomic mass is 19.1. The van der Waals surface area contributed by atoms with Gasteiger partial charge in [0, 0.05) is 25.2 Å². The van der Waals surface area contributed by atoms with E-state index in [4.69, 9.17) is 0 Å². The van der Waals surface area contributed by atoms with Crippen molar-refractivity contribution in [2.45, 2.75) is 19.5 Å². The van der Waals surface area contributed by atoms with Gasteiger partial charge in [-0.05, 0) is 25.1 Å². The molecule has 1 aromatic carbocycles. The minimum Gasteiger partial charge on any atom is -0.336 e. The standard InChI is InChI=1S/C12H14F2N2O/c1-8-12(17)16(5-4-15-8)7-9-6-10(13)2-3-11(9)14/h2-3,6,8,15H,4-5,7H2,1H3. The lowest BCUT2D eigenvalue weighted by molar-refractivity contribution is -0.135. The summed E-state index contributed by atoms with van der Waals surface area (Å²) in [6, 6.07) is 3.03. The molecular formula is C12H14F2N2O. The topological polar surface area (TPSA) is 32.3 Å². The van der Waals surface area contributed by atoms with Gasteiger partial charge in [0.25, 0.3) is 0 Å². The molecule has 1 atom stereocenters. The van der Waals surface area contributed by atoms with E-state index >= 15 is 0 Å². The number of piperazine rings is 1. The molecule has 0 aromatic heterocycles. The number of carbonyl (C=O) groups excluding carboxylic acids is 1. The molecule has 17 heavy (non-hydrogen) atoms. The van der Waals surface area contributed by atoms with Gasteiger partial charge in [-0.1, -0.05) is 0 Å². The first-order valence-corrected chi connectivity index (χ1v) is 5.54. The highest BCUT2D eigenvalue weighted by molar-refractivity contribution is 5.82. The van der Waals surface area contributed by atoms with E-state index in [1.807, 2.05) is 0 Å². The molecule has 0 spiro atoms. The molecule has 1 heterocycles. The molecule has 1 aliphatic heterocycles. The van der Waals surface area contributed by atoms with Gasteiger partial charge >= 0.3 is 0 Å². The van der Waals surface area contributed by atoms with Gasteiger partial charge in [0.1, 0.15) is 11.6 Å². The minimum absolute atomic E-state index is 0.0834. The second kappa shape index (κ2) is 4.79. The maximum atomic E-state index is 13.4. The van der Waals surface area contributed by atoms with Crippen molar-refractivity contribution in [3.05, 3.63) is 35.4 Å². The average molecular weight is 240 g/mol. The van der Waals surface area contributed by atoms with E-state index in [0.717, 1.165) is 18.2 Å². The summed E-state index contributed by atoms with van der Waals surface area (Å²) in [4.78, 5) is 13.3. The number of nitrogens with one attached hydrogen (secondary N) is 1. The average Bonchev–Trinajstić information content (AvgIpc) is 2.30. The van der Waals surface area contributed by atoms with Crippen molar-refractivity contribution in [1.82, 2.24) is 10.2 Å². The van der Waals surface area contributed by atoms with E-state index < -0.39 is 11.6 Å². The van der Waals surface area contributed by atoms with E-state index in [2.05, 4.69) is 5.32 Å². The molecular weight excluding hydrogens is 226 g/mol. The van der Waals surface area contributed by atoms with E-state index in [-0.39, 0.29) is 24.1 Å². The van der Waals surface area contributed by atoms with Crippen LogP contribution in [0.3, 0.4) is 0 Å². The molecule has 0 radical (unpaired) electrons. The minimum atomic E-state index is -0.489. The van der Waals surface area contributed by atoms with Gasteiger partial charge in [-0.2, -0.15) is 0 Å². The molecule has 92 valence electrons. The number of benzene rings is 1. The first-order chi connectivity index (χ1) is 8.08. The largest absolute Gasteiger partial charge is 0.336 e. The third kappa shape index (κ3) is 2.61. The Morgan fingerprint density at radius 2 is 2.24 bits per heavy atom. The maximum Gasteiger partial charge on any atom is 0.239 e. The molecule has 3 nitrogen and oxygen atoms in total. The molecule has 1 aromatic rings. The van der Waals surface area contributed by atoms with Gasteiger partial charge in [0.05, 0.1) is 6.04 Å². The third-order valence-corrected chi connectivity index (χ3v) is 2.88. The lowest BCUT2D eigenvalue weighted by Gasteiger charge is -2.31. The molecule has 1 N–H and O–H groups in total. The van der Waals surface area contributed by atoms with Gasteiger partial charge in [-0.3, -0.25) is 4.79 Å². The summed E-state index contributed by atoms with van der Waals surface area (Å²) in [5, 5.41) is 3.01. The van der Waals surface area contributed by atoms with Crippen LogP contribution in [0.1, 0.15) is 12.5 Å². The van der Waals surface area contributed by atoms with Gasteiger partial charge in [-0.15, -0.1) is 0 Å². The van der Waals surface area contributed by atoms with Crippen LogP contribution in [0.5, 0.6) is 0 Å². The predicted molar refractivity (Wildman–Crippen MR) is 59.2 cm³/mol. The fraction of sp³-hybridized carbons (Fsp3) is 0.417. The summed E-state index contributed by atoms with van der Waals surface area (Å²) in [6.45, 7) is 3.06. The number of halogens is 2. The van der Waals surface area contributed by atoms with Crippen LogP contribution in [0.4, 0.5) is 8.78 Å². The second-order valence-electron chi connectivity index (χ2n) is 4.17. The Balaban J connectivity index is 2.14. The number of amides is 1. The Kier molecular flexibility index (Phi) is 3.38. The summed E-state index contributed by atoms with van der Waals surface area (Å²) in [6.07, 6.45) is 0. The van der Waals surface area contributed by atoms with Crippen molar-refractivity contribution in [1.29, 1.82) is 0 Å². The van der Waals surface area contributed by atoms with Gasteiger partial charge in [-0.25, -0.2) is 8.78 Å². The molecule has 1 aliphatic rings.